The van der Waals surface area contributed by atoms with Crippen LogP contribution in [0.3, 0.4) is 0 Å². The molecular formula is C23H40N2O3. The van der Waals surface area contributed by atoms with Gasteiger partial charge in [-0.25, -0.2) is 0 Å². The molecule has 0 aromatic carbocycles. The molecular weight excluding hydrogens is 352 g/mol. The Labute approximate surface area is 171 Å². The molecule has 1 amide bonds. The fourth-order valence-electron chi connectivity index (χ4n) is 2.44. The highest BCUT2D eigenvalue weighted by molar-refractivity contribution is 5.75. The van der Waals surface area contributed by atoms with E-state index in [0.717, 1.165) is 12.8 Å². The summed E-state index contributed by atoms with van der Waals surface area (Å²) in [6.45, 7) is 3.37. The molecule has 5 N–H and O–H groups in total. The second kappa shape index (κ2) is 20.1. The van der Waals surface area contributed by atoms with Gasteiger partial charge < -0.3 is 21.3 Å². The summed E-state index contributed by atoms with van der Waals surface area (Å²) in [6.07, 6.45) is 21.6. The summed E-state index contributed by atoms with van der Waals surface area (Å²) in [5, 5.41) is 22.5. The molecule has 160 valence electrons. The van der Waals surface area contributed by atoms with Crippen molar-refractivity contribution in [3.8, 4) is 0 Å². The number of carbonyl (C=O) groups excluding carboxylic acids is 1. The molecule has 0 heterocycles. The maximum absolute atomic E-state index is 11.5. The number of nitrogens with two attached hydrogens (primary N) is 1. The van der Waals surface area contributed by atoms with Gasteiger partial charge in [-0.2, -0.15) is 0 Å². The molecule has 5 nitrogen and oxygen atoms in total. The van der Waals surface area contributed by atoms with E-state index in [0.29, 0.717) is 38.8 Å². The SMILES string of the molecule is CCCCC/C=C/C[C@@H](O)/C=C/C=C/C=C/[C@@H](O)CCCC(=O)NCCCN. The number of aliphatic hydroxyl groups excluding tert-OH is 2. The molecule has 0 saturated heterocycles. The fourth-order valence-corrected chi connectivity index (χ4v) is 2.44. The number of amides is 1. The predicted molar refractivity (Wildman–Crippen MR) is 118 cm³/mol. The summed E-state index contributed by atoms with van der Waals surface area (Å²) in [5.41, 5.74) is 5.37. The van der Waals surface area contributed by atoms with Gasteiger partial charge in [0.1, 0.15) is 0 Å². The van der Waals surface area contributed by atoms with E-state index < -0.39 is 12.2 Å². The lowest BCUT2D eigenvalue weighted by Crippen LogP contribution is -2.25. The third-order valence-corrected chi connectivity index (χ3v) is 4.13. The molecule has 28 heavy (non-hydrogen) atoms. The van der Waals surface area contributed by atoms with Gasteiger partial charge in [0.25, 0.3) is 0 Å². The zero-order valence-electron chi connectivity index (χ0n) is 17.4. The fraction of sp³-hybridized carbons (Fsp3) is 0.609. The summed E-state index contributed by atoms with van der Waals surface area (Å²) in [7, 11) is 0. The Balaban J connectivity index is 3.81. The zero-order valence-corrected chi connectivity index (χ0v) is 17.4. The van der Waals surface area contributed by atoms with Crippen molar-refractivity contribution in [1.29, 1.82) is 0 Å². The van der Waals surface area contributed by atoms with Crippen LogP contribution in [0.2, 0.25) is 0 Å². The molecule has 2 atom stereocenters. The highest BCUT2D eigenvalue weighted by atomic mass is 16.3. The van der Waals surface area contributed by atoms with Crippen LogP contribution in [-0.2, 0) is 4.79 Å². The summed E-state index contributed by atoms with van der Waals surface area (Å²) >= 11 is 0. The van der Waals surface area contributed by atoms with Crippen LogP contribution < -0.4 is 11.1 Å². The lowest BCUT2D eigenvalue weighted by molar-refractivity contribution is -0.121. The van der Waals surface area contributed by atoms with E-state index in [9.17, 15) is 15.0 Å². The number of hydrogen-bond acceptors (Lipinski definition) is 4. The van der Waals surface area contributed by atoms with Crippen molar-refractivity contribution in [2.45, 2.75) is 76.9 Å². The van der Waals surface area contributed by atoms with Gasteiger partial charge >= 0.3 is 0 Å². The van der Waals surface area contributed by atoms with Crippen LogP contribution in [0, 0.1) is 0 Å². The number of unbranched alkanes of at least 4 members (excludes halogenated alkanes) is 3. The van der Waals surface area contributed by atoms with Crippen LogP contribution in [0.5, 0.6) is 0 Å². The van der Waals surface area contributed by atoms with Gasteiger partial charge in [-0.3, -0.25) is 4.79 Å². The molecule has 0 fully saturated rings. The number of hydrogen-bond donors (Lipinski definition) is 4. The standard InChI is InChI=1S/C23H40N2O3/c1-2-3-4-5-6-9-14-21(26)15-10-7-8-11-16-22(27)17-12-18-23(28)25-20-13-19-24/h6-11,15-16,21-22,26-27H,2-5,12-14,17-20,24H2,1H3,(H,25,28)/b8-7+,9-6+,15-10+,16-11+/t21-,22-/m1/s1. The van der Waals surface area contributed by atoms with Crippen LogP contribution in [0.1, 0.15) is 64.7 Å². The van der Waals surface area contributed by atoms with Crippen molar-refractivity contribution in [1.82, 2.24) is 5.32 Å². The van der Waals surface area contributed by atoms with Crippen LogP contribution in [0.4, 0.5) is 0 Å². The molecule has 0 saturated carbocycles. The molecule has 0 rings (SSSR count). The molecule has 0 aliphatic carbocycles. The number of rotatable bonds is 17. The van der Waals surface area contributed by atoms with Crippen LogP contribution in [-0.4, -0.2) is 41.4 Å². The minimum atomic E-state index is -0.561. The van der Waals surface area contributed by atoms with Gasteiger partial charge in [0.15, 0.2) is 0 Å². The minimum absolute atomic E-state index is 0.00373. The quantitative estimate of drug-likeness (QED) is 0.173. The average molecular weight is 393 g/mol. The first-order chi connectivity index (χ1) is 13.6. The molecule has 0 bridgehead atoms. The van der Waals surface area contributed by atoms with Crippen molar-refractivity contribution in [3.63, 3.8) is 0 Å². The van der Waals surface area contributed by atoms with E-state index in [2.05, 4.69) is 18.3 Å². The first-order valence-electron chi connectivity index (χ1n) is 10.6. The lowest BCUT2D eigenvalue weighted by Gasteiger charge is -2.06. The predicted octanol–water partition coefficient (Wildman–Crippen LogP) is 3.54. The Morgan fingerprint density at radius 1 is 0.964 bits per heavy atom. The average Bonchev–Trinajstić information content (AvgIpc) is 2.67. The number of allylic oxidation sites excluding steroid dienone is 5. The molecule has 0 aliphatic heterocycles. The van der Waals surface area contributed by atoms with Gasteiger partial charge in [0.2, 0.25) is 5.91 Å². The monoisotopic (exact) mass is 392 g/mol. The maximum atomic E-state index is 11.5. The second-order valence-corrected chi connectivity index (χ2v) is 6.88. The van der Waals surface area contributed by atoms with Crippen LogP contribution in [0.15, 0.2) is 48.6 Å². The highest BCUT2D eigenvalue weighted by Gasteiger charge is 2.03. The lowest BCUT2D eigenvalue weighted by atomic mass is 10.1. The maximum Gasteiger partial charge on any atom is 0.219 e. The smallest absolute Gasteiger partial charge is 0.219 e. The normalized spacial score (nSPS) is 14.6. The summed E-state index contributed by atoms with van der Waals surface area (Å²) < 4.78 is 0. The summed E-state index contributed by atoms with van der Waals surface area (Å²) in [5.74, 6) is 0.00373. The Morgan fingerprint density at radius 2 is 1.68 bits per heavy atom. The Kier molecular flexibility index (Phi) is 18.8. The van der Waals surface area contributed by atoms with Gasteiger partial charge in [0, 0.05) is 13.0 Å². The van der Waals surface area contributed by atoms with Crippen molar-refractivity contribution in [2.24, 2.45) is 5.73 Å². The minimum Gasteiger partial charge on any atom is -0.389 e. The third-order valence-electron chi connectivity index (χ3n) is 4.13. The number of nitrogens with one attached hydrogen (secondary N) is 1. The Morgan fingerprint density at radius 3 is 2.36 bits per heavy atom. The van der Waals surface area contributed by atoms with Crippen LogP contribution >= 0.6 is 0 Å². The van der Waals surface area contributed by atoms with Crippen molar-refractivity contribution in [2.75, 3.05) is 13.1 Å². The zero-order chi connectivity index (χ0) is 20.9. The van der Waals surface area contributed by atoms with Gasteiger partial charge in [-0.05, 0) is 45.1 Å². The van der Waals surface area contributed by atoms with E-state index in [1.165, 1.54) is 19.3 Å². The van der Waals surface area contributed by atoms with Crippen molar-refractivity contribution < 1.29 is 15.0 Å². The molecule has 0 aromatic heterocycles. The molecule has 0 radical (unpaired) electrons. The molecule has 0 aliphatic rings. The van der Waals surface area contributed by atoms with Gasteiger partial charge in [-0.15, -0.1) is 0 Å². The highest BCUT2D eigenvalue weighted by Crippen LogP contribution is 2.03. The first kappa shape index (κ1) is 26.3. The van der Waals surface area contributed by atoms with Crippen molar-refractivity contribution >= 4 is 5.91 Å². The topological polar surface area (TPSA) is 95.6 Å². The van der Waals surface area contributed by atoms with Gasteiger partial charge in [0.05, 0.1) is 12.2 Å². The largest absolute Gasteiger partial charge is 0.389 e. The molecule has 0 aromatic rings. The Hall–Kier alpha value is -1.69. The van der Waals surface area contributed by atoms with Crippen molar-refractivity contribution in [3.05, 3.63) is 48.6 Å². The number of carbonyl (C=O) groups is 1. The number of aliphatic hydroxyl groups is 2. The van der Waals surface area contributed by atoms with E-state index in [1.54, 1.807) is 24.3 Å². The Bertz CT molecular complexity index is 484. The van der Waals surface area contributed by atoms with E-state index in [4.69, 9.17) is 5.73 Å². The molecule has 5 heteroatoms. The van der Waals surface area contributed by atoms with E-state index >= 15 is 0 Å². The van der Waals surface area contributed by atoms with E-state index in [-0.39, 0.29) is 5.91 Å². The third kappa shape index (κ3) is 19.1. The molecule has 0 spiro atoms. The van der Waals surface area contributed by atoms with Gasteiger partial charge in [-0.1, -0.05) is 68.4 Å². The van der Waals surface area contributed by atoms with Crippen LogP contribution in [0.25, 0.3) is 0 Å². The first-order valence-corrected chi connectivity index (χ1v) is 10.6. The second-order valence-electron chi connectivity index (χ2n) is 6.88. The molecule has 0 unspecified atom stereocenters. The summed E-state index contributed by atoms with van der Waals surface area (Å²) in [6, 6.07) is 0. The summed E-state index contributed by atoms with van der Waals surface area (Å²) in [4.78, 5) is 11.5. The van der Waals surface area contributed by atoms with E-state index in [1.807, 2.05) is 18.2 Å².